The summed E-state index contributed by atoms with van der Waals surface area (Å²) in [5.74, 6) is 0.884. The number of carbonyl (C=O) groups is 1. The van der Waals surface area contributed by atoms with E-state index < -0.39 is 0 Å². The van der Waals surface area contributed by atoms with Crippen molar-refractivity contribution >= 4 is 22.9 Å². The zero-order valence-corrected chi connectivity index (χ0v) is 18.5. The van der Waals surface area contributed by atoms with E-state index in [9.17, 15) is 4.79 Å². The summed E-state index contributed by atoms with van der Waals surface area (Å²) >= 11 is 1.53. The minimum absolute atomic E-state index is 0.0602. The molecule has 0 unspecified atom stereocenters. The summed E-state index contributed by atoms with van der Waals surface area (Å²) < 4.78 is 5.80. The summed E-state index contributed by atoms with van der Waals surface area (Å²) in [6, 6.07) is 14.3. The second-order valence-electron chi connectivity index (χ2n) is 7.66. The summed E-state index contributed by atoms with van der Waals surface area (Å²) in [4.78, 5) is 19.6. The van der Waals surface area contributed by atoms with E-state index in [4.69, 9.17) is 4.74 Å². The van der Waals surface area contributed by atoms with Crippen LogP contribution in [-0.4, -0.2) is 16.9 Å². The summed E-state index contributed by atoms with van der Waals surface area (Å²) in [5.41, 5.74) is 5.21. The fraction of sp³-hybridized carbons (Fsp3) is 0.333. The molecule has 0 spiro atoms. The average Bonchev–Trinajstić information content (AvgIpc) is 3.11. The molecule has 1 aromatic heterocycles. The van der Waals surface area contributed by atoms with Crippen LogP contribution in [0.2, 0.25) is 0 Å². The third-order valence-corrected chi connectivity index (χ3v) is 5.60. The predicted molar refractivity (Wildman–Crippen MR) is 120 cm³/mol. The summed E-state index contributed by atoms with van der Waals surface area (Å²) in [6.07, 6.45) is 0.284. The number of aromatic nitrogens is 1. The molecule has 0 bridgehead atoms. The van der Waals surface area contributed by atoms with Crippen molar-refractivity contribution in [1.82, 2.24) is 4.98 Å². The van der Waals surface area contributed by atoms with Gasteiger partial charge in [-0.3, -0.25) is 4.79 Å². The molecule has 0 aliphatic carbocycles. The second-order valence-corrected chi connectivity index (χ2v) is 8.60. The SMILES string of the molecule is Cc1ccc(OCc2nc(CC(=O)N(c3cc(C)ccc3C)C(C)C)cs2)cc1. The van der Waals surface area contributed by atoms with Crippen LogP contribution in [0.4, 0.5) is 5.69 Å². The van der Waals surface area contributed by atoms with Gasteiger partial charge in [-0.25, -0.2) is 4.98 Å². The quantitative estimate of drug-likeness (QED) is 0.509. The monoisotopic (exact) mass is 408 g/mol. The highest BCUT2D eigenvalue weighted by molar-refractivity contribution is 7.09. The van der Waals surface area contributed by atoms with Crippen LogP contribution in [0.3, 0.4) is 0 Å². The molecule has 29 heavy (non-hydrogen) atoms. The molecule has 0 radical (unpaired) electrons. The molecule has 4 nitrogen and oxygen atoms in total. The highest BCUT2D eigenvalue weighted by atomic mass is 32.1. The van der Waals surface area contributed by atoms with Crippen LogP contribution >= 0.6 is 11.3 Å². The Hall–Kier alpha value is -2.66. The van der Waals surface area contributed by atoms with Crippen molar-refractivity contribution < 1.29 is 9.53 Å². The van der Waals surface area contributed by atoms with E-state index in [0.29, 0.717) is 6.61 Å². The average molecular weight is 409 g/mol. The first-order valence-electron chi connectivity index (χ1n) is 9.85. The van der Waals surface area contributed by atoms with Gasteiger partial charge in [0.2, 0.25) is 5.91 Å². The van der Waals surface area contributed by atoms with Gasteiger partial charge in [-0.2, -0.15) is 0 Å². The Morgan fingerprint density at radius 1 is 1.07 bits per heavy atom. The van der Waals surface area contributed by atoms with Crippen molar-refractivity contribution in [1.29, 1.82) is 0 Å². The van der Waals surface area contributed by atoms with E-state index in [0.717, 1.165) is 33.3 Å². The highest BCUT2D eigenvalue weighted by Gasteiger charge is 2.22. The Kier molecular flexibility index (Phi) is 6.70. The van der Waals surface area contributed by atoms with Crippen LogP contribution < -0.4 is 9.64 Å². The van der Waals surface area contributed by atoms with Gasteiger partial charge in [-0.05, 0) is 63.9 Å². The molecule has 3 rings (SSSR count). The Morgan fingerprint density at radius 3 is 2.45 bits per heavy atom. The molecule has 1 heterocycles. The molecule has 3 aromatic rings. The number of amides is 1. The van der Waals surface area contributed by atoms with Gasteiger partial charge in [0.1, 0.15) is 17.4 Å². The van der Waals surface area contributed by atoms with E-state index in [-0.39, 0.29) is 18.4 Å². The third kappa shape index (κ3) is 5.45. The highest BCUT2D eigenvalue weighted by Crippen LogP contribution is 2.25. The molecular formula is C24H28N2O2S. The zero-order valence-electron chi connectivity index (χ0n) is 17.7. The lowest BCUT2D eigenvalue weighted by Crippen LogP contribution is -2.38. The minimum Gasteiger partial charge on any atom is -0.486 e. The normalized spacial score (nSPS) is 11.0. The fourth-order valence-corrected chi connectivity index (χ4v) is 3.90. The molecule has 0 atom stereocenters. The van der Waals surface area contributed by atoms with Gasteiger partial charge < -0.3 is 9.64 Å². The lowest BCUT2D eigenvalue weighted by Gasteiger charge is -2.28. The van der Waals surface area contributed by atoms with Gasteiger partial charge in [-0.1, -0.05) is 29.8 Å². The fourth-order valence-electron chi connectivity index (χ4n) is 3.20. The van der Waals surface area contributed by atoms with Gasteiger partial charge in [0.15, 0.2) is 0 Å². The number of thiazole rings is 1. The Morgan fingerprint density at radius 2 is 1.76 bits per heavy atom. The van der Waals surface area contributed by atoms with Crippen LogP contribution in [0, 0.1) is 20.8 Å². The molecule has 0 aliphatic rings. The van der Waals surface area contributed by atoms with E-state index in [1.165, 1.54) is 16.9 Å². The van der Waals surface area contributed by atoms with Crippen LogP contribution in [0.1, 0.15) is 41.2 Å². The summed E-state index contributed by atoms with van der Waals surface area (Å²) in [5, 5.41) is 2.82. The van der Waals surface area contributed by atoms with E-state index in [2.05, 4.69) is 23.2 Å². The molecule has 0 aliphatic heterocycles. The first kappa shape index (κ1) is 21.1. The third-order valence-electron chi connectivity index (χ3n) is 4.72. The maximum absolute atomic E-state index is 13.1. The first-order chi connectivity index (χ1) is 13.8. The van der Waals surface area contributed by atoms with Crippen molar-refractivity contribution in [2.24, 2.45) is 0 Å². The van der Waals surface area contributed by atoms with Crippen molar-refractivity contribution in [2.75, 3.05) is 4.90 Å². The predicted octanol–water partition coefficient (Wildman–Crippen LogP) is 5.63. The maximum atomic E-state index is 13.1. The number of anilines is 1. The number of benzene rings is 2. The van der Waals surface area contributed by atoms with Gasteiger partial charge >= 0.3 is 0 Å². The number of ether oxygens (including phenoxy) is 1. The Bertz CT molecular complexity index is 977. The molecule has 2 aromatic carbocycles. The molecule has 0 N–H and O–H groups in total. The van der Waals surface area contributed by atoms with Gasteiger partial charge in [-0.15, -0.1) is 11.3 Å². The number of nitrogens with zero attached hydrogens (tertiary/aromatic N) is 2. The lowest BCUT2D eigenvalue weighted by molar-refractivity contribution is -0.118. The van der Waals surface area contributed by atoms with Gasteiger partial charge in [0, 0.05) is 17.1 Å². The largest absolute Gasteiger partial charge is 0.486 e. The molecule has 5 heteroatoms. The first-order valence-corrected chi connectivity index (χ1v) is 10.7. The van der Waals surface area contributed by atoms with Crippen molar-refractivity contribution in [3.8, 4) is 5.75 Å². The molecular weight excluding hydrogens is 380 g/mol. The number of aryl methyl sites for hydroxylation is 3. The summed E-state index contributed by atoms with van der Waals surface area (Å²) in [7, 11) is 0. The molecule has 0 fully saturated rings. The number of hydrogen-bond donors (Lipinski definition) is 0. The van der Waals surface area contributed by atoms with Crippen LogP contribution in [0.25, 0.3) is 0 Å². The van der Waals surface area contributed by atoms with Crippen LogP contribution in [0.5, 0.6) is 5.75 Å². The van der Waals surface area contributed by atoms with E-state index in [1.807, 2.05) is 69.2 Å². The topological polar surface area (TPSA) is 42.4 Å². The Balaban J connectivity index is 1.67. The van der Waals surface area contributed by atoms with Crippen molar-refractivity contribution in [3.05, 3.63) is 75.2 Å². The Labute approximate surface area is 177 Å². The standard InChI is InChI=1S/C24H28N2O2S/c1-16(2)26(22-12-18(4)6-9-19(22)5)24(27)13-20-15-29-23(25-20)14-28-21-10-7-17(3)8-11-21/h6-12,15-16H,13-14H2,1-5H3. The zero-order chi connectivity index (χ0) is 21.0. The minimum atomic E-state index is 0.0602. The van der Waals surface area contributed by atoms with Crippen LogP contribution in [-0.2, 0) is 17.8 Å². The van der Waals surface area contributed by atoms with Crippen molar-refractivity contribution in [2.45, 2.75) is 53.7 Å². The smallest absolute Gasteiger partial charge is 0.233 e. The lowest BCUT2D eigenvalue weighted by atomic mass is 10.1. The number of carbonyl (C=O) groups excluding carboxylic acids is 1. The maximum Gasteiger partial charge on any atom is 0.233 e. The molecule has 152 valence electrons. The number of rotatable bonds is 7. The van der Waals surface area contributed by atoms with Gasteiger partial charge in [0.25, 0.3) is 0 Å². The second kappa shape index (κ2) is 9.23. The molecule has 0 saturated heterocycles. The summed E-state index contributed by atoms with van der Waals surface area (Å²) in [6.45, 7) is 10.6. The number of hydrogen-bond acceptors (Lipinski definition) is 4. The van der Waals surface area contributed by atoms with E-state index in [1.54, 1.807) is 0 Å². The molecule has 0 saturated carbocycles. The van der Waals surface area contributed by atoms with Gasteiger partial charge in [0.05, 0.1) is 12.1 Å². The van der Waals surface area contributed by atoms with Crippen molar-refractivity contribution in [3.63, 3.8) is 0 Å². The van der Waals surface area contributed by atoms with E-state index >= 15 is 0 Å². The molecule has 1 amide bonds. The van der Waals surface area contributed by atoms with Crippen LogP contribution in [0.15, 0.2) is 47.8 Å².